The zero-order valence-corrected chi connectivity index (χ0v) is 19.0. The summed E-state index contributed by atoms with van der Waals surface area (Å²) < 4.78 is 27.1. The van der Waals surface area contributed by atoms with Crippen LogP contribution >= 0.6 is 0 Å². The smallest absolute Gasteiger partial charge is 0.336 e. The second-order valence-electron chi connectivity index (χ2n) is 7.50. The highest BCUT2D eigenvalue weighted by atomic mass is 19.1. The van der Waals surface area contributed by atoms with Gasteiger partial charge in [-0.05, 0) is 54.1 Å². The molecule has 0 radical (unpaired) electrons. The second-order valence-corrected chi connectivity index (χ2v) is 7.50. The van der Waals surface area contributed by atoms with Crippen LogP contribution in [0.1, 0.15) is 18.9 Å². The van der Waals surface area contributed by atoms with E-state index in [0.29, 0.717) is 42.2 Å². The van der Waals surface area contributed by atoms with Crippen molar-refractivity contribution >= 4 is 11.6 Å². The Labute approximate surface area is 197 Å². The Kier molecular flexibility index (Phi) is 7.17. The lowest BCUT2D eigenvalue weighted by Gasteiger charge is -2.08. The van der Waals surface area contributed by atoms with Gasteiger partial charge in [0.2, 0.25) is 5.91 Å². The van der Waals surface area contributed by atoms with Crippen LogP contribution in [-0.4, -0.2) is 34.4 Å². The van der Waals surface area contributed by atoms with Gasteiger partial charge in [0.25, 0.3) is 0 Å². The van der Waals surface area contributed by atoms with Gasteiger partial charge in [-0.3, -0.25) is 4.79 Å². The molecule has 0 saturated heterocycles. The van der Waals surface area contributed by atoms with E-state index < -0.39 is 5.82 Å². The molecular weight excluding hydrogens is 435 g/mol. The normalized spacial score (nSPS) is 10.7. The molecule has 7 nitrogen and oxygen atoms in total. The standard InChI is InChI=1S/C26H25FN4O3/c1-3-24(32)28-19-10-12-20(13-11-19)31-25(22-6-4-5-7-23(22)27)29-26(30-31)34-17-16-18-8-14-21(33-2)15-9-18/h4-15H,3,16-17H2,1-2H3,(H,28,32). The summed E-state index contributed by atoms with van der Waals surface area (Å²) in [6.07, 6.45) is 1.04. The molecule has 0 aliphatic carbocycles. The van der Waals surface area contributed by atoms with Crippen LogP contribution in [0, 0.1) is 5.82 Å². The Morgan fingerprint density at radius 2 is 1.76 bits per heavy atom. The molecule has 0 spiro atoms. The summed E-state index contributed by atoms with van der Waals surface area (Å²) in [6, 6.07) is 21.4. The SMILES string of the molecule is CCC(=O)Nc1ccc(-n2nc(OCCc3ccc(OC)cc3)nc2-c2ccccc2F)cc1. The van der Waals surface area contributed by atoms with Gasteiger partial charge in [-0.15, -0.1) is 5.10 Å². The third kappa shape index (κ3) is 5.40. The van der Waals surface area contributed by atoms with Crippen molar-refractivity contribution in [3.05, 3.63) is 84.2 Å². The number of hydrogen-bond acceptors (Lipinski definition) is 5. The van der Waals surface area contributed by atoms with Gasteiger partial charge in [-0.25, -0.2) is 9.07 Å². The number of carbonyl (C=O) groups is 1. The highest BCUT2D eigenvalue weighted by Gasteiger charge is 2.18. The van der Waals surface area contributed by atoms with Crippen molar-refractivity contribution in [2.75, 3.05) is 19.0 Å². The Hall–Kier alpha value is -4.20. The van der Waals surface area contributed by atoms with E-state index in [1.165, 1.54) is 10.7 Å². The van der Waals surface area contributed by atoms with Gasteiger partial charge in [0.05, 0.1) is 25.0 Å². The molecule has 1 N–H and O–H groups in total. The molecular formula is C26H25FN4O3. The fraction of sp³-hybridized carbons (Fsp3) is 0.192. The number of hydrogen-bond donors (Lipinski definition) is 1. The van der Waals surface area contributed by atoms with Crippen LogP contribution in [0.25, 0.3) is 17.1 Å². The highest BCUT2D eigenvalue weighted by Crippen LogP contribution is 2.26. The van der Waals surface area contributed by atoms with Crippen molar-refractivity contribution in [1.29, 1.82) is 0 Å². The molecule has 174 valence electrons. The Morgan fingerprint density at radius 1 is 1.03 bits per heavy atom. The number of methoxy groups -OCH3 is 1. The molecule has 0 unspecified atom stereocenters. The van der Waals surface area contributed by atoms with Crippen molar-refractivity contribution in [2.24, 2.45) is 0 Å². The quantitative estimate of drug-likeness (QED) is 0.378. The predicted octanol–water partition coefficient (Wildman–Crippen LogP) is 5.05. The topological polar surface area (TPSA) is 78.3 Å². The average Bonchev–Trinajstić information content (AvgIpc) is 3.29. The minimum atomic E-state index is -0.409. The molecule has 34 heavy (non-hydrogen) atoms. The van der Waals surface area contributed by atoms with E-state index in [4.69, 9.17) is 9.47 Å². The molecule has 1 amide bonds. The summed E-state index contributed by atoms with van der Waals surface area (Å²) in [5.41, 5.74) is 2.71. The second kappa shape index (κ2) is 10.6. The van der Waals surface area contributed by atoms with E-state index >= 15 is 0 Å². The van der Waals surface area contributed by atoms with Crippen molar-refractivity contribution in [3.8, 4) is 28.8 Å². The molecule has 0 fully saturated rings. The molecule has 0 atom stereocenters. The first-order chi connectivity index (χ1) is 16.6. The minimum absolute atomic E-state index is 0.0758. The number of benzene rings is 3. The number of nitrogens with one attached hydrogen (secondary N) is 1. The van der Waals surface area contributed by atoms with Gasteiger partial charge in [0.1, 0.15) is 11.6 Å². The molecule has 0 saturated carbocycles. The first-order valence-electron chi connectivity index (χ1n) is 11.0. The van der Waals surface area contributed by atoms with Crippen LogP contribution in [0.3, 0.4) is 0 Å². The van der Waals surface area contributed by atoms with Crippen molar-refractivity contribution < 1.29 is 18.7 Å². The number of aromatic nitrogens is 3. The van der Waals surface area contributed by atoms with E-state index in [1.54, 1.807) is 56.5 Å². The van der Waals surface area contributed by atoms with Gasteiger partial charge in [0, 0.05) is 18.5 Å². The summed E-state index contributed by atoms with van der Waals surface area (Å²) in [6.45, 7) is 2.14. The van der Waals surface area contributed by atoms with Crippen LogP contribution in [0.15, 0.2) is 72.8 Å². The number of nitrogens with zero attached hydrogens (tertiary/aromatic N) is 3. The number of amides is 1. The van der Waals surface area contributed by atoms with Gasteiger partial charge < -0.3 is 14.8 Å². The first kappa shape index (κ1) is 23.0. The van der Waals surface area contributed by atoms with Gasteiger partial charge in [-0.2, -0.15) is 4.98 Å². The number of carbonyl (C=O) groups excluding carboxylic acids is 1. The van der Waals surface area contributed by atoms with E-state index in [9.17, 15) is 9.18 Å². The number of rotatable bonds is 9. The molecule has 4 aromatic rings. The zero-order valence-electron chi connectivity index (χ0n) is 19.0. The van der Waals surface area contributed by atoms with Crippen LogP contribution in [0.5, 0.6) is 11.8 Å². The summed E-state index contributed by atoms with van der Waals surface area (Å²) >= 11 is 0. The molecule has 1 aromatic heterocycles. The van der Waals surface area contributed by atoms with Crippen molar-refractivity contribution in [2.45, 2.75) is 19.8 Å². The van der Waals surface area contributed by atoms with E-state index in [1.807, 2.05) is 24.3 Å². The summed E-state index contributed by atoms with van der Waals surface area (Å²) in [7, 11) is 1.63. The van der Waals surface area contributed by atoms with Crippen LogP contribution in [0.2, 0.25) is 0 Å². The summed E-state index contributed by atoms with van der Waals surface area (Å²) in [5, 5.41) is 7.28. The maximum Gasteiger partial charge on any atom is 0.336 e. The molecule has 0 aliphatic heterocycles. The average molecular weight is 461 g/mol. The molecule has 4 rings (SSSR count). The zero-order chi connectivity index (χ0) is 23.9. The lowest BCUT2D eigenvalue weighted by Crippen LogP contribution is -2.09. The molecule has 8 heteroatoms. The van der Waals surface area contributed by atoms with Crippen LogP contribution < -0.4 is 14.8 Å². The van der Waals surface area contributed by atoms with Crippen molar-refractivity contribution in [3.63, 3.8) is 0 Å². The van der Waals surface area contributed by atoms with Crippen LogP contribution in [-0.2, 0) is 11.2 Å². The lowest BCUT2D eigenvalue weighted by molar-refractivity contribution is -0.115. The molecule has 1 heterocycles. The van der Waals surface area contributed by atoms with E-state index in [0.717, 1.165) is 11.3 Å². The first-order valence-corrected chi connectivity index (χ1v) is 11.0. The largest absolute Gasteiger partial charge is 0.497 e. The lowest BCUT2D eigenvalue weighted by atomic mass is 10.1. The number of anilines is 1. The summed E-state index contributed by atoms with van der Waals surface area (Å²) in [4.78, 5) is 16.1. The van der Waals surface area contributed by atoms with Crippen molar-refractivity contribution in [1.82, 2.24) is 14.8 Å². The Balaban J connectivity index is 1.57. The monoisotopic (exact) mass is 460 g/mol. The summed E-state index contributed by atoms with van der Waals surface area (Å²) in [5.74, 6) is 0.628. The fourth-order valence-corrected chi connectivity index (χ4v) is 3.34. The maximum atomic E-state index is 14.6. The minimum Gasteiger partial charge on any atom is -0.497 e. The third-order valence-electron chi connectivity index (χ3n) is 5.20. The van der Waals surface area contributed by atoms with Crippen LogP contribution in [0.4, 0.5) is 10.1 Å². The molecule has 3 aromatic carbocycles. The third-order valence-corrected chi connectivity index (χ3v) is 5.20. The highest BCUT2D eigenvalue weighted by molar-refractivity contribution is 5.90. The fourth-order valence-electron chi connectivity index (χ4n) is 3.34. The number of ether oxygens (including phenoxy) is 2. The maximum absolute atomic E-state index is 14.6. The van der Waals surface area contributed by atoms with Gasteiger partial charge >= 0.3 is 6.01 Å². The van der Waals surface area contributed by atoms with E-state index in [-0.39, 0.29) is 11.9 Å². The van der Waals surface area contributed by atoms with Gasteiger partial charge in [0.15, 0.2) is 5.82 Å². The van der Waals surface area contributed by atoms with E-state index in [2.05, 4.69) is 15.4 Å². The Morgan fingerprint density at radius 3 is 2.44 bits per heavy atom. The number of halogens is 1. The Bertz CT molecular complexity index is 1250. The molecule has 0 aliphatic rings. The van der Waals surface area contributed by atoms with Gasteiger partial charge in [-0.1, -0.05) is 31.2 Å². The predicted molar refractivity (Wildman–Crippen MR) is 128 cm³/mol. The molecule has 0 bridgehead atoms.